The molecule has 1 aromatic rings. The molecule has 2 bridgehead atoms. The first-order valence-electron chi connectivity index (χ1n) is 7.65. The summed E-state index contributed by atoms with van der Waals surface area (Å²) in [4.78, 5) is 0. The third-order valence-corrected chi connectivity index (χ3v) is 5.28. The maximum Gasteiger partial charge on any atom is 0.475 e. The largest absolute Gasteiger partial charge is 0.497 e. The van der Waals surface area contributed by atoms with Crippen LogP contribution in [0, 0.1) is 0 Å². The second-order valence-corrected chi connectivity index (χ2v) is 7.04. The van der Waals surface area contributed by atoms with Crippen LogP contribution in [0.2, 0.25) is 0 Å². The average molecular weight is 340 g/mol. The number of fused-ring (bicyclic) bond motifs is 2. The van der Waals surface area contributed by atoms with E-state index in [1.165, 1.54) is 0 Å². The Bertz CT molecular complexity index is 585. The molecule has 1 aromatic carbocycles. The molecule has 1 fully saturated rings. The van der Waals surface area contributed by atoms with Gasteiger partial charge in [-0.3, -0.25) is 13.6 Å². The Labute approximate surface area is 135 Å². The zero-order chi connectivity index (χ0) is 16.1. The molecule has 0 saturated carbocycles. The summed E-state index contributed by atoms with van der Waals surface area (Å²) < 4.78 is 39.0. The second kappa shape index (κ2) is 7.60. The fourth-order valence-corrected chi connectivity index (χ4v) is 4.02. The zero-order valence-corrected chi connectivity index (χ0v) is 13.9. The molecule has 126 valence electrons. The Hall–Kier alpha value is -1.17. The lowest BCUT2D eigenvalue weighted by Crippen LogP contribution is -2.28. The molecule has 3 rings (SSSR count). The SMILES string of the molecule is COc1ccc(COCC[C@@H]2C[C@@H]3C=CCOP(=O)(O2)O3)cc1. The van der Waals surface area contributed by atoms with Gasteiger partial charge in [-0.2, -0.15) is 0 Å². The van der Waals surface area contributed by atoms with E-state index in [1.807, 2.05) is 36.4 Å². The third-order valence-electron chi connectivity index (χ3n) is 3.73. The summed E-state index contributed by atoms with van der Waals surface area (Å²) in [6.07, 6.45) is 4.62. The molecule has 0 aromatic heterocycles. The Balaban J connectivity index is 1.43. The van der Waals surface area contributed by atoms with Crippen LogP contribution >= 0.6 is 7.82 Å². The Morgan fingerprint density at radius 2 is 2.09 bits per heavy atom. The molecule has 2 aliphatic heterocycles. The number of phosphoric ester groups is 1. The highest BCUT2D eigenvalue weighted by Crippen LogP contribution is 2.56. The second-order valence-electron chi connectivity index (χ2n) is 5.47. The van der Waals surface area contributed by atoms with Crippen LogP contribution in [0.25, 0.3) is 0 Å². The van der Waals surface area contributed by atoms with E-state index in [4.69, 9.17) is 23.0 Å². The van der Waals surface area contributed by atoms with Crippen molar-refractivity contribution in [1.29, 1.82) is 0 Å². The van der Waals surface area contributed by atoms with E-state index >= 15 is 0 Å². The number of ether oxygens (including phenoxy) is 2. The summed E-state index contributed by atoms with van der Waals surface area (Å²) in [5.74, 6) is 0.824. The molecule has 3 atom stereocenters. The highest BCUT2D eigenvalue weighted by atomic mass is 31.2. The molecule has 7 heteroatoms. The average Bonchev–Trinajstić information content (AvgIpc) is 2.69. The highest BCUT2D eigenvalue weighted by Gasteiger charge is 2.40. The number of rotatable bonds is 6. The molecule has 2 heterocycles. The lowest BCUT2D eigenvalue weighted by atomic mass is 10.1. The highest BCUT2D eigenvalue weighted by molar-refractivity contribution is 7.48. The van der Waals surface area contributed by atoms with Crippen molar-refractivity contribution >= 4 is 7.82 Å². The molecule has 1 unspecified atom stereocenters. The zero-order valence-electron chi connectivity index (χ0n) is 13.1. The van der Waals surface area contributed by atoms with Gasteiger partial charge in [-0.15, -0.1) is 0 Å². The van der Waals surface area contributed by atoms with E-state index in [1.54, 1.807) is 7.11 Å². The van der Waals surface area contributed by atoms with Crippen molar-refractivity contribution in [3.8, 4) is 5.75 Å². The predicted molar refractivity (Wildman–Crippen MR) is 84.3 cm³/mol. The van der Waals surface area contributed by atoms with E-state index in [9.17, 15) is 4.57 Å². The van der Waals surface area contributed by atoms with Crippen LogP contribution in [0.1, 0.15) is 18.4 Å². The normalized spacial score (nSPS) is 30.0. The van der Waals surface area contributed by atoms with Crippen LogP contribution in [0.3, 0.4) is 0 Å². The van der Waals surface area contributed by atoms with E-state index in [2.05, 4.69) is 0 Å². The molecular formula is C16H21O6P. The molecule has 1 saturated heterocycles. The molecular weight excluding hydrogens is 319 g/mol. The fourth-order valence-electron chi connectivity index (χ4n) is 2.53. The lowest BCUT2D eigenvalue weighted by Gasteiger charge is -2.31. The molecule has 0 amide bonds. The van der Waals surface area contributed by atoms with Crippen molar-refractivity contribution in [1.82, 2.24) is 0 Å². The van der Waals surface area contributed by atoms with Gasteiger partial charge in [0, 0.05) is 13.0 Å². The van der Waals surface area contributed by atoms with Gasteiger partial charge < -0.3 is 9.47 Å². The van der Waals surface area contributed by atoms with Crippen LogP contribution in [0.4, 0.5) is 0 Å². The number of phosphoric acid groups is 1. The summed E-state index contributed by atoms with van der Waals surface area (Å²) in [6.45, 7) is 1.30. The molecule has 23 heavy (non-hydrogen) atoms. The summed E-state index contributed by atoms with van der Waals surface area (Å²) in [5.41, 5.74) is 1.08. The van der Waals surface area contributed by atoms with Gasteiger partial charge in [0.25, 0.3) is 0 Å². The molecule has 2 aliphatic rings. The van der Waals surface area contributed by atoms with Crippen LogP contribution in [-0.4, -0.2) is 32.5 Å². The van der Waals surface area contributed by atoms with Gasteiger partial charge in [0.15, 0.2) is 0 Å². The van der Waals surface area contributed by atoms with Gasteiger partial charge >= 0.3 is 7.82 Å². The Morgan fingerprint density at radius 3 is 2.87 bits per heavy atom. The van der Waals surface area contributed by atoms with E-state index in [0.717, 1.165) is 11.3 Å². The molecule has 0 radical (unpaired) electrons. The maximum atomic E-state index is 12.2. The number of methoxy groups -OCH3 is 1. The number of hydrogen-bond acceptors (Lipinski definition) is 6. The van der Waals surface area contributed by atoms with E-state index in [-0.39, 0.29) is 18.8 Å². The fraction of sp³-hybridized carbons (Fsp3) is 0.500. The monoisotopic (exact) mass is 340 g/mol. The first-order valence-corrected chi connectivity index (χ1v) is 9.12. The van der Waals surface area contributed by atoms with Crippen molar-refractivity contribution in [3.63, 3.8) is 0 Å². The topological polar surface area (TPSA) is 63.2 Å². The van der Waals surface area contributed by atoms with Gasteiger partial charge in [0.2, 0.25) is 0 Å². The predicted octanol–water partition coefficient (Wildman–Crippen LogP) is 3.47. The molecule has 6 nitrogen and oxygen atoms in total. The van der Waals surface area contributed by atoms with E-state index < -0.39 is 7.82 Å². The molecule has 0 N–H and O–H groups in total. The van der Waals surface area contributed by atoms with Gasteiger partial charge in [-0.1, -0.05) is 24.3 Å². The van der Waals surface area contributed by atoms with Crippen molar-refractivity contribution < 1.29 is 27.6 Å². The maximum absolute atomic E-state index is 12.2. The van der Waals surface area contributed by atoms with Gasteiger partial charge in [0.05, 0.1) is 32.5 Å². The summed E-state index contributed by atoms with van der Waals surface area (Å²) in [7, 11) is -1.77. The molecule has 0 spiro atoms. The van der Waals surface area contributed by atoms with Crippen molar-refractivity contribution in [2.24, 2.45) is 0 Å². The standard InChI is InChI=1S/C16H21O6P/c1-18-14-6-4-13(5-7-14)12-19-10-8-16-11-15-3-2-9-20-23(17,21-15)22-16/h2-7,15-16H,8-12H2,1H3/t15-,16+,23?/m0/s1. The minimum atomic E-state index is -3.41. The Morgan fingerprint density at radius 1 is 1.26 bits per heavy atom. The van der Waals surface area contributed by atoms with Gasteiger partial charge in [-0.25, -0.2) is 4.57 Å². The van der Waals surface area contributed by atoms with Gasteiger partial charge in [0.1, 0.15) is 5.75 Å². The minimum absolute atomic E-state index is 0.182. The van der Waals surface area contributed by atoms with Crippen molar-refractivity contribution in [2.75, 3.05) is 20.3 Å². The molecule has 0 aliphatic carbocycles. The summed E-state index contributed by atoms with van der Waals surface area (Å²) in [5, 5.41) is 0. The Kier molecular flexibility index (Phi) is 5.51. The van der Waals surface area contributed by atoms with Crippen molar-refractivity contribution in [2.45, 2.75) is 31.7 Å². The lowest BCUT2D eigenvalue weighted by molar-refractivity contribution is -0.00462. The van der Waals surface area contributed by atoms with Gasteiger partial charge in [-0.05, 0) is 24.1 Å². The van der Waals surface area contributed by atoms with Crippen LogP contribution in [-0.2, 0) is 29.5 Å². The quantitative estimate of drug-likeness (QED) is 0.449. The summed E-state index contributed by atoms with van der Waals surface area (Å²) in [6, 6.07) is 7.74. The van der Waals surface area contributed by atoms with Crippen LogP contribution < -0.4 is 4.74 Å². The first-order chi connectivity index (χ1) is 11.2. The third kappa shape index (κ3) is 4.66. The van der Waals surface area contributed by atoms with Crippen LogP contribution in [0.5, 0.6) is 5.75 Å². The smallest absolute Gasteiger partial charge is 0.475 e. The first kappa shape index (κ1) is 16.7. The summed E-state index contributed by atoms with van der Waals surface area (Å²) >= 11 is 0. The number of hydrogen-bond donors (Lipinski definition) is 0. The van der Waals surface area contributed by atoms with Crippen molar-refractivity contribution in [3.05, 3.63) is 42.0 Å². The van der Waals surface area contributed by atoms with E-state index in [0.29, 0.717) is 26.1 Å². The minimum Gasteiger partial charge on any atom is -0.497 e. The number of benzene rings is 1. The van der Waals surface area contributed by atoms with Crippen LogP contribution in [0.15, 0.2) is 36.4 Å².